The minimum absolute atomic E-state index is 0.0356. The molecule has 0 spiro atoms. The lowest BCUT2D eigenvalue weighted by atomic mass is 9.85. The first-order valence-electron chi connectivity index (χ1n) is 16.9. The average molecular weight is 718 g/mol. The Kier molecular flexibility index (Phi) is 11.0. The van der Waals surface area contributed by atoms with Crippen LogP contribution in [0.3, 0.4) is 0 Å². The Morgan fingerprint density at radius 2 is 1.76 bits per heavy atom. The number of methoxy groups -OCH3 is 1. The number of nitrogens with zero attached hydrogens (tertiary/aromatic N) is 2. The van der Waals surface area contributed by atoms with Crippen LogP contribution in [0.1, 0.15) is 81.6 Å². The number of fused-ring (bicyclic) bond motifs is 1. The van der Waals surface area contributed by atoms with Crippen LogP contribution >= 0.6 is 0 Å². The fourth-order valence-electron chi connectivity index (χ4n) is 6.07. The molecule has 15 heteroatoms. The predicted molar refractivity (Wildman–Crippen MR) is 187 cm³/mol. The number of sulfonamides is 1. The highest BCUT2D eigenvalue weighted by molar-refractivity contribution is 7.90. The van der Waals surface area contributed by atoms with E-state index < -0.39 is 73.8 Å². The molecule has 0 bridgehead atoms. The number of hydrogen-bond donors (Lipinski definition) is 3. The zero-order valence-electron chi connectivity index (χ0n) is 30.6. The summed E-state index contributed by atoms with van der Waals surface area (Å²) in [5, 5.41) is 6.17. The number of amides is 4. The van der Waals surface area contributed by atoms with E-state index in [2.05, 4.69) is 20.3 Å². The van der Waals surface area contributed by atoms with Crippen molar-refractivity contribution < 1.29 is 41.8 Å². The van der Waals surface area contributed by atoms with Crippen LogP contribution in [-0.4, -0.2) is 90.3 Å². The van der Waals surface area contributed by atoms with E-state index in [0.29, 0.717) is 23.4 Å². The maximum absolute atomic E-state index is 14.4. The Morgan fingerprint density at radius 1 is 1.08 bits per heavy atom. The van der Waals surface area contributed by atoms with Crippen molar-refractivity contribution in [1.29, 1.82) is 0 Å². The van der Waals surface area contributed by atoms with Crippen LogP contribution in [0, 0.1) is 11.3 Å². The highest BCUT2D eigenvalue weighted by atomic mass is 32.2. The third-order valence-electron chi connectivity index (χ3n) is 9.04. The number of rotatable bonds is 11. The SMILES string of the molecule is CC[C@@H]1C[C@]1(NC(=O)[C@@H]1C[C@@H](Oc2nccc3cc(OC)ccc23)CN1C(=O)[C@@H](NC(=O)OC(C)(C)C)C(C)(C)C)C(=O)NS(=O)(=O)C(C)C. The second kappa shape index (κ2) is 14.2. The molecule has 2 heterocycles. The molecule has 3 N–H and O–H groups in total. The van der Waals surface area contributed by atoms with Gasteiger partial charge in [0.2, 0.25) is 27.7 Å². The first kappa shape index (κ1) is 38.7. The van der Waals surface area contributed by atoms with Crippen LogP contribution in [0.2, 0.25) is 0 Å². The van der Waals surface area contributed by atoms with E-state index in [9.17, 15) is 27.6 Å². The summed E-state index contributed by atoms with van der Waals surface area (Å²) in [6.45, 7) is 15.2. The molecule has 14 nitrogen and oxygen atoms in total. The van der Waals surface area contributed by atoms with Gasteiger partial charge in [-0.05, 0) is 82.0 Å². The quantitative estimate of drug-likeness (QED) is 0.310. The lowest BCUT2D eigenvalue weighted by Crippen LogP contribution is -2.60. The second-order valence-electron chi connectivity index (χ2n) is 15.4. The van der Waals surface area contributed by atoms with Crippen molar-refractivity contribution in [3.63, 3.8) is 0 Å². The van der Waals surface area contributed by atoms with E-state index in [4.69, 9.17) is 14.2 Å². The van der Waals surface area contributed by atoms with Gasteiger partial charge in [-0.1, -0.05) is 34.1 Å². The molecule has 2 fully saturated rings. The minimum Gasteiger partial charge on any atom is -0.497 e. The molecule has 4 rings (SSSR count). The summed E-state index contributed by atoms with van der Waals surface area (Å²) in [4.78, 5) is 60.8. The average Bonchev–Trinajstić information content (AvgIpc) is 3.56. The van der Waals surface area contributed by atoms with Crippen LogP contribution in [-0.2, 0) is 29.1 Å². The summed E-state index contributed by atoms with van der Waals surface area (Å²) in [6, 6.07) is 5.00. The standard InChI is InChI=1S/C35H51N5O9S/c1-11-22-18-35(22,31(43)39-50(45,46)20(2)3)38-28(41)26-17-24(48-29-25-13-12-23(47-10)16-21(25)14-15-36-29)19-40(26)30(42)27(33(4,5)6)37-32(44)49-34(7,8)9/h12-16,20,22,24,26-27H,11,17-19H2,1-10H3,(H,37,44)(H,38,41)(H,39,43)/t22-,24-,26+,27-,35-/m1/s1. The fourth-order valence-corrected chi connectivity index (χ4v) is 6.75. The van der Waals surface area contributed by atoms with Crippen LogP contribution in [0.15, 0.2) is 30.5 Å². The summed E-state index contributed by atoms with van der Waals surface area (Å²) in [7, 11) is -2.40. The van der Waals surface area contributed by atoms with E-state index in [-0.39, 0.29) is 25.3 Å². The molecule has 50 heavy (non-hydrogen) atoms. The zero-order chi connectivity index (χ0) is 37.4. The number of benzene rings is 1. The van der Waals surface area contributed by atoms with Gasteiger partial charge in [-0.15, -0.1) is 0 Å². The molecule has 1 saturated heterocycles. The third-order valence-corrected chi connectivity index (χ3v) is 10.8. The van der Waals surface area contributed by atoms with E-state index in [1.165, 1.54) is 18.7 Å². The van der Waals surface area contributed by atoms with Gasteiger partial charge >= 0.3 is 6.09 Å². The molecule has 1 aromatic carbocycles. The lowest BCUT2D eigenvalue weighted by Gasteiger charge is -2.36. The van der Waals surface area contributed by atoms with Gasteiger partial charge < -0.3 is 29.7 Å². The summed E-state index contributed by atoms with van der Waals surface area (Å²) < 4.78 is 44.5. The normalized spacial score (nSPS) is 22.9. The zero-order valence-corrected chi connectivity index (χ0v) is 31.4. The van der Waals surface area contributed by atoms with Gasteiger partial charge in [0, 0.05) is 18.0 Å². The number of likely N-dealkylation sites (tertiary alicyclic amines) is 1. The van der Waals surface area contributed by atoms with Gasteiger partial charge in [0.25, 0.3) is 5.91 Å². The van der Waals surface area contributed by atoms with E-state index in [1.54, 1.807) is 60.9 Å². The summed E-state index contributed by atoms with van der Waals surface area (Å²) in [5.41, 5.74) is -3.09. The van der Waals surface area contributed by atoms with Crippen molar-refractivity contribution in [3.05, 3.63) is 30.5 Å². The molecule has 0 radical (unpaired) electrons. The van der Waals surface area contributed by atoms with Gasteiger partial charge in [-0.2, -0.15) is 0 Å². The number of aromatic nitrogens is 1. The number of hydrogen-bond acceptors (Lipinski definition) is 10. The Morgan fingerprint density at radius 3 is 2.32 bits per heavy atom. The molecular formula is C35H51N5O9S. The van der Waals surface area contributed by atoms with Crippen molar-refractivity contribution in [2.45, 2.75) is 116 Å². The maximum Gasteiger partial charge on any atom is 0.408 e. The molecule has 1 aliphatic carbocycles. The monoisotopic (exact) mass is 717 g/mol. The van der Waals surface area contributed by atoms with Crippen molar-refractivity contribution in [2.75, 3.05) is 13.7 Å². The van der Waals surface area contributed by atoms with Gasteiger partial charge in [-0.25, -0.2) is 18.2 Å². The molecule has 0 unspecified atom stereocenters. The topological polar surface area (TPSA) is 182 Å². The molecule has 1 aromatic heterocycles. The first-order valence-corrected chi connectivity index (χ1v) is 18.4. The maximum atomic E-state index is 14.4. The number of pyridine rings is 1. The number of alkyl carbamates (subject to hydrolysis) is 1. The fraction of sp³-hybridized carbons (Fsp3) is 0.629. The molecule has 5 atom stereocenters. The van der Waals surface area contributed by atoms with Crippen molar-refractivity contribution >= 4 is 44.6 Å². The largest absolute Gasteiger partial charge is 0.497 e. The number of carbonyl (C=O) groups excluding carboxylic acids is 4. The Balaban J connectivity index is 1.67. The van der Waals surface area contributed by atoms with Gasteiger partial charge in [0.05, 0.1) is 18.9 Å². The number of nitrogens with one attached hydrogen (secondary N) is 3. The smallest absolute Gasteiger partial charge is 0.408 e. The van der Waals surface area contributed by atoms with Crippen LogP contribution < -0.4 is 24.8 Å². The van der Waals surface area contributed by atoms with Crippen LogP contribution in [0.5, 0.6) is 11.6 Å². The molecule has 1 aliphatic heterocycles. The molecule has 4 amide bonds. The van der Waals surface area contributed by atoms with Crippen molar-refractivity contribution in [2.24, 2.45) is 11.3 Å². The summed E-state index contributed by atoms with van der Waals surface area (Å²) >= 11 is 0. The van der Waals surface area contributed by atoms with Gasteiger partial charge in [0.15, 0.2) is 0 Å². The van der Waals surface area contributed by atoms with E-state index in [1.807, 2.05) is 25.1 Å². The molecule has 1 saturated carbocycles. The van der Waals surface area contributed by atoms with Crippen molar-refractivity contribution in [3.8, 4) is 11.6 Å². The van der Waals surface area contributed by atoms with Crippen molar-refractivity contribution in [1.82, 2.24) is 25.2 Å². The molecule has 2 aromatic rings. The lowest BCUT2D eigenvalue weighted by molar-refractivity contribution is -0.143. The van der Waals surface area contributed by atoms with Crippen LogP contribution in [0.4, 0.5) is 4.79 Å². The Hall–Kier alpha value is -4.14. The number of ether oxygens (including phenoxy) is 3. The van der Waals surface area contributed by atoms with E-state index in [0.717, 1.165) is 5.39 Å². The predicted octanol–water partition coefficient (Wildman–Crippen LogP) is 3.67. The van der Waals surface area contributed by atoms with Crippen LogP contribution in [0.25, 0.3) is 10.8 Å². The molecule has 2 aliphatic rings. The Bertz CT molecular complexity index is 1730. The second-order valence-corrected chi connectivity index (χ2v) is 17.7. The minimum atomic E-state index is -3.97. The summed E-state index contributed by atoms with van der Waals surface area (Å²) in [5.74, 6) is -1.36. The summed E-state index contributed by atoms with van der Waals surface area (Å²) in [6.07, 6.45) is 0.879. The molecular weight excluding hydrogens is 666 g/mol. The van der Waals surface area contributed by atoms with E-state index >= 15 is 0 Å². The Labute approximate surface area is 294 Å². The van der Waals surface area contributed by atoms with Gasteiger partial charge in [0.1, 0.15) is 35.1 Å². The highest BCUT2D eigenvalue weighted by Crippen LogP contribution is 2.46. The number of carbonyl (C=O) groups is 4. The highest BCUT2D eigenvalue weighted by Gasteiger charge is 2.62. The van der Waals surface area contributed by atoms with Gasteiger partial charge in [-0.3, -0.25) is 19.1 Å². The third kappa shape index (κ3) is 8.59. The molecule has 276 valence electrons. The first-order chi connectivity index (χ1) is 23.1.